The topological polar surface area (TPSA) is 55.6 Å². The van der Waals surface area contributed by atoms with Crippen LogP contribution >= 0.6 is 12.8 Å². The zero-order chi connectivity index (χ0) is 12.0. The van der Waals surface area contributed by atoms with Crippen molar-refractivity contribution in [1.82, 2.24) is 4.31 Å². The number of carbonyl (C=O) groups excluding carboxylic acids is 1. The summed E-state index contributed by atoms with van der Waals surface area (Å²) in [7, 11) is 0. The van der Waals surface area contributed by atoms with Crippen LogP contribution in [0.15, 0.2) is 24.3 Å². The minimum Gasteiger partial charge on any atom is -0.444 e. The summed E-state index contributed by atoms with van der Waals surface area (Å²) in [5.41, 5.74) is 7.14. The molecule has 0 unspecified atom stereocenters. The largest absolute Gasteiger partial charge is 0.444 e. The number of ether oxygens (including phenoxy) is 1. The van der Waals surface area contributed by atoms with E-state index in [-0.39, 0.29) is 6.61 Å². The van der Waals surface area contributed by atoms with E-state index < -0.39 is 6.09 Å². The molecule has 0 saturated carbocycles. The van der Waals surface area contributed by atoms with Crippen molar-refractivity contribution in [2.75, 3.05) is 12.3 Å². The first-order valence-electron chi connectivity index (χ1n) is 5.11. The molecule has 0 aliphatic heterocycles. The fourth-order valence-corrected chi connectivity index (χ4v) is 1.39. The predicted octanol–water partition coefficient (Wildman–Crippen LogP) is 2.46. The Bertz CT molecular complexity index is 340. The predicted molar refractivity (Wildman–Crippen MR) is 67.0 cm³/mol. The number of nitrogens with two attached hydrogens (primary N) is 1. The summed E-state index contributed by atoms with van der Waals surface area (Å²) >= 11 is 4.01. The number of amides is 1. The number of nitrogen functional groups attached to an aromatic ring is 1. The fraction of sp³-hybridized carbons (Fsp3) is 0.364. The number of hydrogen-bond acceptors (Lipinski definition) is 4. The van der Waals surface area contributed by atoms with Crippen molar-refractivity contribution in [2.24, 2.45) is 0 Å². The lowest BCUT2D eigenvalue weighted by molar-refractivity contribution is 0.122. The summed E-state index contributed by atoms with van der Waals surface area (Å²) in [6.07, 6.45) is 0.419. The molecule has 2 N–H and O–H groups in total. The fourth-order valence-electron chi connectivity index (χ4n) is 1.14. The number of anilines is 1. The Hall–Kier alpha value is -1.36. The second-order valence-corrected chi connectivity index (χ2v) is 3.90. The lowest BCUT2D eigenvalue weighted by Gasteiger charge is -2.14. The molecule has 0 atom stereocenters. The summed E-state index contributed by atoms with van der Waals surface area (Å²) in [6.45, 7) is 2.78. The first-order chi connectivity index (χ1) is 7.63. The van der Waals surface area contributed by atoms with Crippen LogP contribution in [0.5, 0.6) is 0 Å². The van der Waals surface area contributed by atoms with Crippen LogP contribution < -0.4 is 5.73 Å². The van der Waals surface area contributed by atoms with E-state index in [0.29, 0.717) is 12.2 Å². The van der Waals surface area contributed by atoms with Crippen molar-refractivity contribution in [2.45, 2.75) is 20.0 Å². The van der Waals surface area contributed by atoms with Gasteiger partial charge in [-0.3, -0.25) is 4.31 Å². The van der Waals surface area contributed by atoms with Crippen molar-refractivity contribution in [3.63, 3.8) is 0 Å². The van der Waals surface area contributed by atoms with Crippen LogP contribution in [0.2, 0.25) is 0 Å². The minimum atomic E-state index is -0.429. The van der Waals surface area contributed by atoms with Crippen LogP contribution in [-0.4, -0.2) is 16.9 Å². The lowest BCUT2D eigenvalue weighted by atomic mass is 10.2. The van der Waals surface area contributed by atoms with Gasteiger partial charge in [0.05, 0.1) is 0 Å². The third-order valence-corrected chi connectivity index (χ3v) is 2.35. The lowest BCUT2D eigenvalue weighted by Crippen LogP contribution is -2.23. The summed E-state index contributed by atoms with van der Waals surface area (Å²) in [4.78, 5) is 11.4. The molecule has 4 nitrogen and oxygen atoms in total. The Morgan fingerprint density at radius 1 is 1.44 bits per heavy atom. The van der Waals surface area contributed by atoms with E-state index in [1.165, 1.54) is 4.31 Å². The van der Waals surface area contributed by atoms with Gasteiger partial charge in [0.25, 0.3) is 0 Å². The van der Waals surface area contributed by atoms with Crippen molar-refractivity contribution in [1.29, 1.82) is 0 Å². The molecule has 88 valence electrons. The second-order valence-electron chi connectivity index (χ2n) is 3.42. The van der Waals surface area contributed by atoms with Crippen LogP contribution in [0.4, 0.5) is 10.5 Å². The Balaban J connectivity index is 2.39. The molecule has 1 amide bonds. The summed E-state index contributed by atoms with van der Waals surface area (Å²) in [6, 6.07) is 7.19. The molecule has 1 rings (SSSR count). The smallest absolute Gasteiger partial charge is 0.419 e. The molecule has 0 aliphatic carbocycles. The van der Waals surface area contributed by atoms with Gasteiger partial charge in [0, 0.05) is 12.2 Å². The third-order valence-electron chi connectivity index (χ3n) is 1.99. The molecule has 0 radical (unpaired) electrons. The molecule has 0 aromatic heterocycles. The first-order valence-corrected chi connectivity index (χ1v) is 5.51. The van der Waals surface area contributed by atoms with Gasteiger partial charge in [-0.25, -0.2) is 4.79 Å². The van der Waals surface area contributed by atoms with Gasteiger partial charge in [-0.1, -0.05) is 31.9 Å². The molecule has 0 bridgehead atoms. The highest BCUT2D eigenvalue weighted by molar-refractivity contribution is 7.78. The van der Waals surface area contributed by atoms with E-state index in [9.17, 15) is 4.79 Å². The van der Waals surface area contributed by atoms with Gasteiger partial charge >= 0.3 is 6.09 Å². The zero-order valence-electron chi connectivity index (χ0n) is 9.22. The van der Waals surface area contributed by atoms with Gasteiger partial charge in [0.15, 0.2) is 0 Å². The van der Waals surface area contributed by atoms with Gasteiger partial charge in [-0.2, -0.15) is 0 Å². The highest BCUT2D eigenvalue weighted by atomic mass is 32.1. The Morgan fingerprint density at radius 3 is 2.62 bits per heavy atom. The van der Waals surface area contributed by atoms with Gasteiger partial charge in [0.1, 0.15) is 6.61 Å². The van der Waals surface area contributed by atoms with Crippen LogP contribution in [0.3, 0.4) is 0 Å². The van der Waals surface area contributed by atoms with Crippen molar-refractivity contribution in [3.8, 4) is 0 Å². The van der Waals surface area contributed by atoms with Crippen LogP contribution in [0.25, 0.3) is 0 Å². The Morgan fingerprint density at radius 2 is 2.06 bits per heavy atom. The standard InChI is InChI=1S/C11H16N2O2S/c1-2-7-13(16)11(14)15-8-9-3-5-10(12)6-4-9/h3-6,16H,2,7-8,12H2,1H3. The molecule has 0 aliphatic rings. The average molecular weight is 240 g/mol. The summed E-state index contributed by atoms with van der Waals surface area (Å²) in [5.74, 6) is 0. The highest BCUT2D eigenvalue weighted by Crippen LogP contribution is 2.08. The maximum atomic E-state index is 11.4. The van der Waals surface area contributed by atoms with E-state index in [1.54, 1.807) is 12.1 Å². The monoisotopic (exact) mass is 240 g/mol. The second kappa shape index (κ2) is 6.27. The molecule has 0 fully saturated rings. The molecule has 16 heavy (non-hydrogen) atoms. The molecule has 0 saturated heterocycles. The quantitative estimate of drug-likeness (QED) is 0.628. The van der Waals surface area contributed by atoms with E-state index in [1.807, 2.05) is 19.1 Å². The number of benzene rings is 1. The molecule has 5 heteroatoms. The van der Waals surface area contributed by atoms with E-state index in [2.05, 4.69) is 12.8 Å². The number of thiol groups is 1. The summed E-state index contributed by atoms with van der Waals surface area (Å²) < 4.78 is 6.31. The third kappa shape index (κ3) is 4.02. The van der Waals surface area contributed by atoms with Crippen LogP contribution in [-0.2, 0) is 11.3 Å². The molecular weight excluding hydrogens is 224 g/mol. The Kier molecular flexibility index (Phi) is 4.98. The van der Waals surface area contributed by atoms with Gasteiger partial charge in [0.2, 0.25) is 0 Å². The van der Waals surface area contributed by atoms with Crippen molar-refractivity contribution < 1.29 is 9.53 Å². The molecular formula is C11H16N2O2S. The summed E-state index contributed by atoms with van der Waals surface area (Å²) in [5, 5.41) is 0. The molecule has 0 heterocycles. The van der Waals surface area contributed by atoms with E-state index >= 15 is 0 Å². The normalized spacial score (nSPS) is 9.88. The maximum Gasteiger partial charge on any atom is 0.419 e. The van der Waals surface area contributed by atoms with Crippen molar-refractivity contribution >= 4 is 24.6 Å². The number of rotatable bonds is 4. The molecule has 0 spiro atoms. The zero-order valence-corrected chi connectivity index (χ0v) is 10.1. The van der Waals surface area contributed by atoms with E-state index in [4.69, 9.17) is 10.5 Å². The van der Waals surface area contributed by atoms with Crippen molar-refractivity contribution in [3.05, 3.63) is 29.8 Å². The maximum absolute atomic E-state index is 11.4. The van der Waals surface area contributed by atoms with Crippen LogP contribution in [0.1, 0.15) is 18.9 Å². The van der Waals surface area contributed by atoms with Gasteiger partial charge < -0.3 is 10.5 Å². The number of carbonyl (C=O) groups is 1. The minimum absolute atomic E-state index is 0.236. The molecule has 1 aromatic rings. The SMILES string of the molecule is CCCN(S)C(=O)OCc1ccc(N)cc1. The highest BCUT2D eigenvalue weighted by Gasteiger charge is 2.09. The average Bonchev–Trinajstić information content (AvgIpc) is 2.28. The molecule has 1 aromatic carbocycles. The van der Waals surface area contributed by atoms with Gasteiger partial charge in [-0.05, 0) is 24.1 Å². The number of nitrogens with zero attached hydrogens (tertiary/aromatic N) is 1. The number of hydrogen-bond donors (Lipinski definition) is 2. The first kappa shape index (κ1) is 12.7. The van der Waals surface area contributed by atoms with Gasteiger partial charge in [-0.15, -0.1) is 0 Å². The van der Waals surface area contributed by atoms with Crippen LogP contribution in [0, 0.1) is 0 Å². The van der Waals surface area contributed by atoms with E-state index in [0.717, 1.165) is 12.0 Å². The Labute approximate surface area is 101 Å².